The van der Waals surface area contributed by atoms with Crippen LogP contribution in [0.25, 0.3) is 0 Å². The van der Waals surface area contributed by atoms with E-state index in [0.717, 1.165) is 15.0 Å². The van der Waals surface area contributed by atoms with Crippen LogP contribution in [0.3, 0.4) is 0 Å². The molecule has 0 saturated carbocycles. The van der Waals surface area contributed by atoms with Gasteiger partial charge < -0.3 is 10.6 Å². The Morgan fingerprint density at radius 1 is 1.33 bits per heavy atom. The molecule has 162 valence electrons. The van der Waals surface area contributed by atoms with Crippen molar-refractivity contribution in [3.05, 3.63) is 22.4 Å². The van der Waals surface area contributed by atoms with Crippen LogP contribution in [-0.2, 0) is 20.9 Å². The number of anilines is 1. The third-order valence-corrected chi connectivity index (χ3v) is 7.63. The van der Waals surface area contributed by atoms with Crippen molar-refractivity contribution in [1.82, 2.24) is 26.1 Å². The van der Waals surface area contributed by atoms with Gasteiger partial charge in [-0.1, -0.05) is 36.1 Å². The van der Waals surface area contributed by atoms with Gasteiger partial charge in [-0.15, -0.1) is 33.3 Å². The highest BCUT2D eigenvalue weighted by Crippen LogP contribution is 2.25. The lowest BCUT2D eigenvalue weighted by molar-refractivity contribution is -0.125. The summed E-state index contributed by atoms with van der Waals surface area (Å²) in [5, 5.41) is 21.9. The smallest absolute Gasteiger partial charge is 0.236 e. The van der Waals surface area contributed by atoms with E-state index in [0.29, 0.717) is 11.7 Å². The summed E-state index contributed by atoms with van der Waals surface area (Å²) in [6, 6.07) is 3.62. The molecule has 2 atom stereocenters. The average Bonchev–Trinajstić information content (AvgIpc) is 3.37. The predicted octanol–water partition coefficient (Wildman–Crippen LogP) is 1.85. The number of thioether (sulfide) groups is 2. The molecule has 0 aromatic carbocycles. The fraction of sp³-hybridized carbons (Fsp3) is 0.471. The summed E-state index contributed by atoms with van der Waals surface area (Å²) in [5.41, 5.74) is -0.437. The number of thiophene rings is 1. The zero-order valence-corrected chi connectivity index (χ0v) is 19.4. The number of nitrogens with one attached hydrogen (secondary N) is 4. The summed E-state index contributed by atoms with van der Waals surface area (Å²) in [5.74, 6) is 0.530. The van der Waals surface area contributed by atoms with Crippen molar-refractivity contribution in [1.29, 1.82) is 0 Å². The Morgan fingerprint density at radius 3 is 2.97 bits per heavy atom. The molecular formula is C17H22N6O3S4. The quantitative estimate of drug-likeness (QED) is 0.296. The topological polar surface area (TPSA) is 125 Å². The minimum Gasteiger partial charge on any atom is -0.351 e. The second-order valence-electron chi connectivity index (χ2n) is 6.24. The largest absolute Gasteiger partial charge is 0.351 e. The second-order valence-corrected chi connectivity index (χ2v) is 10.9. The minimum atomic E-state index is -0.437. The highest BCUT2D eigenvalue weighted by Gasteiger charge is 2.28. The van der Waals surface area contributed by atoms with Crippen molar-refractivity contribution in [3.8, 4) is 0 Å². The minimum absolute atomic E-state index is 0.117. The summed E-state index contributed by atoms with van der Waals surface area (Å²) >= 11 is 5.73. The van der Waals surface area contributed by atoms with Crippen LogP contribution in [0.1, 0.15) is 24.6 Å². The number of carbonyl (C=O) groups is 3. The Bertz CT molecular complexity index is 860. The van der Waals surface area contributed by atoms with Gasteiger partial charge >= 0.3 is 0 Å². The van der Waals surface area contributed by atoms with E-state index < -0.39 is 5.50 Å². The van der Waals surface area contributed by atoms with Gasteiger partial charge in [0, 0.05) is 23.8 Å². The van der Waals surface area contributed by atoms with Crippen LogP contribution in [0.2, 0.25) is 0 Å². The van der Waals surface area contributed by atoms with E-state index in [-0.39, 0.29) is 42.4 Å². The maximum absolute atomic E-state index is 12.2. The first-order valence-corrected chi connectivity index (χ1v) is 13.0. The third-order valence-electron chi connectivity index (χ3n) is 3.88. The normalized spacial score (nSPS) is 18.6. The Labute approximate surface area is 190 Å². The lowest BCUT2D eigenvalue weighted by Crippen LogP contribution is -2.56. The van der Waals surface area contributed by atoms with Gasteiger partial charge in [0.25, 0.3) is 0 Å². The SMILES string of the molecule is CCSc1nnc(NC(=O)CSC2NC(=O)CC(CC(=O)NCc3cccs3)N2)s1. The number of hydrogen-bond acceptors (Lipinski definition) is 10. The molecule has 3 heterocycles. The standard InChI is InChI=1S/C17H22N6O3S4/c1-2-27-17-23-22-16(30-17)21-14(26)9-29-15-19-10(7-13(25)20-15)6-12(24)18-8-11-4-3-5-28-11/h3-5,10,15,19H,2,6-9H2,1H3,(H,18,24)(H,20,25)(H,21,22,26). The molecule has 0 radical (unpaired) electrons. The molecule has 30 heavy (non-hydrogen) atoms. The molecule has 4 N–H and O–H groups in total. The molecule has 2 unspecified atom stereocenters. The van der Waals surface area contributed by atoms with E-state index in [9.17, 15) is 14.4 Å². The number of aromatic nitrogens is 2. The number of carbonyl (C=O) groups excluding carboxylic acids is 3. The van der Waals surface area contributed by atoms with E-state index in [1.807, 2.05) is 24.4 Å². The molecule has 1 aliphatic rings. The first-order chi connectivity index (χ1) is 14.5. The molecule has 1 saturated heterocycles. The molecular weight excluding hydrogens is 464 g/mol. The monoisotopic (exact) mass is 486 g/mol. The van der Waals surface area contributed by atoms with Gasteiger partial charge in [0.2, 0.25) is 22.9 Å². The molecule has 0 aliphatic carbocycles. The van der Waals surface area contributed by atoms with Crippen molar-refractivity contribution in [3.63, 3.8) is 0 Å². The van der Waals surface area contributed by atoms with Gasteiger partial charge in [0.1, 0.15) is 5.50 Å². The van der Waals surface area contributed by atoms with Crippen LogP contribution >= 0.6 is 46.2 Å². The fourth-order valence-corrected chi connectivity index (χ4v) is 5.82. The number of rotatable bonds is 10. The second kappa shape index (κ2) is 11.6. The van der Waals surface area contributed by atoms with Crippen molar-refractivity contribution < 1.29 is 14.4 Å². The van der Waals surface area contributed by atoms with Crippen LogP contribution in [0, 0.1) is 0 Å². The average molecular weight is 487 g/mol. The Morgan fingerprint density at radius 2 is 2.20 bits per heavy atom. The maximum atomic E-state index is 12.2. The first-order valence-electron chi connectivity index (χ1n) is 9.24. The van der Waals surface area contributed by atoms with Crippen LogP contribution < -0.4 is 21.3 Å². The Balaban J connectivity index is 1.40. The molecule has 9 nitrogen and oxygen atoms in total. The van der Waals surface area contributed by atoms with E-state index in [4.69, 9.17) is 0 Å². The van der Waals surface area contributed by atoms with Crippen LogP contribution in [0.15, 0.2) is 21.9 Å². The van der Waals surface area contributed by atoms with Crippen molar-refractivity contribution in [2.75, 3.05) is 16.8 Å². The van der Waals surface area contributed by atoms with Crippen LogP contribution in [0.4, 0.5) is 5.13 Å². The Kier molecular flexibility index (Phi) is 8.93. The first kappa shape index (κ1) is 23.0. The Hall–Kier alpha value is -1.67. The molecule has 1 aliphatic heterocycles. The van der Waals surface area contributed by atoms with Gasteiger partial charge in [-0.05, 0) is 17.2 Å². The maximum Gasteiger partial charge on any atom is 0.236 e. The molecule has 1 fully saturated rings. The van der Waals surface area contributed by atoms with Gasteiger partial charge in [-0.3, -0.25) is 25.0 Å². The zero-order valence-electron chi connectivity index (χ0n) is 16.2. The van der Waals surface area contributed by atoms with Crippen LogP contribution in [0.5, 0.6) is 0 Å². The summed E-state index contributed by atoms with van der Waals surface area (Å²) in [4.78, 5) is 37.4. The van der Waals surface area contributed by atoms with Gasteiger partial charge in [0.15, 0.2) is 4.34 Å². The van der Waals surface area contributed by atoms with Crippen molar-refractivity contribution >= 4 is 69.1 Å². The summed E-state index contributed by atoms with van der Waals surface area (Å²) in [6.45, 7) is 2.50. The van der Waals surface area contributed by atoms with E-state index in [2.05, 4.69) is 31.5 Å². The van der Waals surface area contributed by atoms with Crippen LogP contribution in [-0.4, -0.2) is 51.0 Å². The lowest BCUT2D eigenvalue weighted by atomic mass is 10.1. The highest BCUT2D eigenvalue weighted by molar-refractivity contribution is 8.01. The van der Waals surface area contributed by atoms with E-state index in [1.165, 1.54) is 23.1 Å². The predicted molar refractivity (Wildman–Crippen MR) is 122 cm³/mol. The summed E-state index contributed by atoms with van der Waals surface area (Å²) < 4.78 is 0.807. The molecule has 2 aromatic heterocycles. The molecule has 0 bridgehead atoms. The molecule has 13 heteroatoms. The van der Waals surface area contributed by atoms with Gasteiger partial charge in [-0.2, -0.15) is 0 Å². The number of hydrogen-bond donors (Lipinski definition) is 4. The number of nitrogens with zero attached hydrogens (tertiary/aromatic N) is 2. The van der Waals surface area contributed by atoms with E-state index in [1.54, 1.807) is 23.1 Å². The summed E-state index contributed by atoms with van der Waals surface area (Å²) in [7, 11) is 0. The van der Waals surface area contributed by atoms with Crippen molar-refractivity contribution in [2.24, 2.45) is 0 Å². The molecule has 3 amide bonds. The van der Waals surface area contributed by atoms with Gasteiger partial charge in [-0.25, -0.2) is 0 Å². The molecule has 3 rings (SSSR count). The molecule has 2 aromatic rings. The number of amides is 3. The lowest BCUT2D eigenvalue weighted by Gasteiger charge is -2.30. The van der Waals surface area contributed by atoms with Gasteiger partial charge in [0.05, 0.1) is 12.3 Å². The van der Waals surface area contributed by atoms with E-state index >= 15 is 0 Å². The van der Waals surface area contributed by atoms with Crippen molar-refractivity contribution in [2.45, 2.75) is 42.2 Å². The molecule has 0 spiro atoms. The fourth-order valence-electron chi connectivity index (χ4n) is 2.62. The highest BCUT2D eigenvalue weighted by atomic mass is 32.2. The third kappa shape index (κ3) is 7.54. The zero-order chi connectivity index (χ0) is 21.3. The summed E-state index contributed by atoms with van der Waals surface area (Å²) in [6.07, 6.45) is 0.420.